The maximum absolute atomic E-state index is 13.2. The molecule has 0 radical (unpaired) electrons. The first-order valence-corrected chi connectivity index (χ1v) is 12.9. The molecule has 0 unspecified atom stereocenters. The van der Waals surface area contributed by atoms with Gasteiger partial charge in [-0.05, 0) is 61.7 Å². The van der Waals surface area contributed by atoms with Crippen LogP contribution >= 0.6 is 11.6 Å². The zero-order chi connectivity index (χ0) is 23.1. The van der Waals surface area contributed by atoms with E-state index in [2.05, 4.69) is 10.6 Å². The maximum atomic E-state index is 13.2. The summed E-state index contributed by atoms with van der Waals surface area (Å²) >= 11 is 5.89. The molecule has 8 heteroatoms. The van der Waals surface area contributed by atoms with Crippen LogP contribution in [0.5, 0.6) is 0 Å². The first-order valence-electron chi connectivity index (χ1n) is 11.1. The number of amides is 2. The largest absolute Gasteiger partial charge is 0.349 e. The molecule has 1 saturated carbocycles. The van der Waals surface area contributed by atoms with E-state index < -0.39 is 9.84 Å². The Labute approximate surface area is 194 Å². The van der Waals surface area contributed by atoms with Crippen LogP contribution in [0.2, 0.25) is 5.02 Å². The molecule has 0 saturated heterocycles. The molecule has 6 nitrogen and oxygen atoms in total. The van der Waals surface area contributed by atoms with Gasteiger partial charge in [0, 0.05) is 23.0 Å². The Bertz CT molecular complexity index is 1060. The summed E-state index contributed by atoms with van der Waals surface area (Å²) in [5.41, 5.74) is 0.419. The van der Waals surface area contributed by atoms with Crippen LogP contribution in [0.15, 0.2) is 52.3 Å². The molecule has 0 aromatic heterocycles. The minimum Gasteiger partial charge on any atom is -0.349 e. The minimum atomic E-state index is -3.93. The van der Waals surface area contributed by atoms with Crippen LogP contribution in [0.25, 0.3) is 0 Å². The highest BCUT2D eigenvalue weighted by Gasteiger charge is 2.24. The topological polar surface area (TPSA) is 92.3 Å². The molecule has 2 N–H and O–H groups in total. The average molecular weight is 477 g/mol. The number of nitrogens with one attached hydrogen (secondary N) is 2. The lowest BCUT2D eigenvalue weighted by molar-refractivity contribution is -0.116. The molecule has 2 aromatic rings. The lowest BCUT2D eigenvalue weighted by atomic mass is 10.1. The van der Waals surface area contributed by atoms with Gasteiger partial charge in [-0.15, -0.1) is 0 Å². The number of carbonyl (C=O) groups is 2. The van der Waals surface area contributed by atoms with Crippen molar-refractivity contribution in [3.63, 3.8) is 0 Å². The zero-order valence-corrected chi connectivity index (χ0v) is 19.8. The van der Waals surface area contributed by atoms with Crippen molar-refractivity contribution >= 4 is 38.9 Å². The Morgan fingerprint density at radius 2 is 1.66 bits per heavy atom. The van der Waals surface area contributed by atoms with E-state index in [-0.39, 0.29) is 39.8 Å². The first kappa shape index (κ1) is 24.3. The highest BCUT2D eigenvalue weighted by Crippen LogP contribution is 2.30. The van der Waals surface area contributed by atoms with Crippen LogP contribution in [0.3, 0.4) is 0 Å². The van der Waals surface area contributed by atoms with Crippen LogP contribution in [0.4, 0.5) is 5.69 Å². The van der Waals surface area contributed by atoms with Gasteiger partial charge in [0.15, 0.2) is 0 Å². The molecule has 0 spiro atoms. The van der Waals surface area contributed by atoms with Crippen molar-refractivity contribution in [1.82, 2.24) is 5.32 Å². The van der Waals surface area contributed by atoms with Gasteiger partial charge >= 0.3 is 0 Å². The van der Waals surface area contributed by atoms with Crippen LogP contribution in [0, 0.1) is 0 Å². The predicted molar refractivity (Wildman–Crippen MR) is 126 cm³/mol. The van der Waals surface area contributed by atoms with Crippen molar-refractivity contribution in [3.8, 4) is 0 Å². The third-order valence-electron chi connectivity index (χ3n) is 5.60. The summed E-state index contributed by atoms with van der Waals surface area (Å²) in [4.78, 5) is 25.2. The molecule has 0 atom stereocenters. The molecule has 172 valence electrons. The minimum absolute atomic E-state index is 0.0588. The average Bonchev–Trinajstić information content (AvgIpc) is 3.02. The van der Waals surface area contributed by atoms with Gasteiger partial charge in [-0.25, -0.2) is 8.42 Å². The van der Waals surface area contributed by atoms with Crippen molar-refractivity contribution in [2.45, 2.75) is 74.1 Å². The van der Waals surface area contributed by atoms with Crippen molar-refractivity contribution in [3.05, 3.63) is 53.1 Å². The summed E-state index contributed by atoms with van der Waals surface area (Å²) < 4.78 is 26.5. The molecule has 0 bridgehead atoms. The number of halogens is 1. The van der Waals surface area contributed by atoms with E-state index in [4.69, 9.17) is 11.6 Å². The normalized spacial score (nSPS) is 15.1. The fraction of sp³-hybridized carbons (Fsp3) is 0.417. The van der Waals surface area contributed by atoms with Crippen molar-refractivity contribution in [2.75, 3.05) is 5.32 Å². The van der Waals surface area contributed by atoms with Crippen LogP contribution in [0.1, 0.15) is 68.6 Å². The Kier molecular flexibility index (Phi) is 8.32. The van der Waals surface area contributed by atoms with E-state index in [1.54, 1.807) is 0 Å². The smallest absolute Gasteiger partial charge is 0.251 e. The third kappa shape index (κ3) is 6.11. The lowest BCUT2D eigenvalue weighted by Crippen LogP contribution is -2.34. The SMILES string of the molecule is CCCC(=O)Nc1cc(C(=O)NC2CCCCCC2)ccc1S(=O)(=O)c1ccc(Cl)cc1. The van der Waals surface area contributed by atoms with Gasteiger partial charge in [0.25, 0.3) is 5.91 Å². The van der Waals surface area contributed by atoms with Gasteiger partial charge in [0.1, 0.15) is 0 Å². The Morgan fingerprint density at radius 1 is 1.00 bits per heavy atom. The number of benzene rings is 2. The van der Waals surface area contributed by atoms with E-state index in [0.29, 0.717) is 17.0 Å². The molecule has 1 aliphatic carbocycles. The number of carbonyl (C=O) groups excluding carboxylic acids is 2. The monoisotopic (exact) mass is 476 g/mol. The van der Waals surface area contributed by atoms with Gasteiger partial charge in [0.2, 0.25) is 15.7 Å². The highest BCUT2D eigenvalue weighted by molar-refractivity contribution is 7.91. The van der Waals surface area contributed by atoms with E-state index in [1.165, 1.54) is 55.3 Å². The number of rotatable bonds is 7. The van der Waals surface area contributed by atoms with Crippen molar-refractivity contribution in [1.29, 1.82) is 0 Å². The standard InChI is InChI=1S/C24H29ClN2O4S/c1-2-7-23(28)27-21-16-17(24(29)26-19-8-5-3-4-6-9-19)10-15-22(21)32(30,31)20-13-11-18(25)12-14-20/h10-16,19H,2-9H2,1H3,(H,26,29)(H,27,28). The second-order valence-electron chi connectivity index (χ2n) is 8.13. The van der Waals surface area contributed by atoms with Gasteiger partial charge in [0.05, 0.1) is 15.5 Å². The highest BCUT2D eigenvalue weighted by atomic mass is 35.5. The molecule has 1 fully saturated rings. The first-order chi connectivity index (χ1) is 15.3. The van der Waals surface area contributed by atoms with Gasteiger partial charge < -0.3 is 10.6 Å². The summed E-state index contributed by atoms with van der Waals surface area (Å²) in [6, 6.07) is 10.3. The molecule has 2 amide bonds. The summed E-state index contributed by atoms with van der Waals surface area (Å²) in [7, 11) is -3.93. The molecular formula is C24H29ClN2O4S. The van der Waals surface area contributed by atoms with Gasteiger partial charge in [-0.1, -0.05) is 44.2 Å². The fourth-order valence-corrected chi connectivity index (χ4v) is 5.40. The number of anilines is 1. The van der Waals surface area contributed by atoms with Gasteiger partial charge in [-0.2, -0.15) is 0 Å². The molecule has 3 rings (SSSR count). The van der Waals surface area contributed by atoms with Gasteiger partial charge in [-0.3, -0.25) is 9.59 Å². The van der Waals surface area contributed by atoms with E-state index in [1.807, 2.05) is 6.92 Å². The van der Waals surface area contributed by atoms with Crippen LogP contribution < -0.4 is 10.6 Å². The molecule has 0 heterocycles. The van der Waals surface area contributed by atoms with E-state index in [9.17, 15) is 18.0 Å². The summed E-state index contributed by atoms with van der Waals surface area (Å²) in [5, 5.41) is 6.17. The van der Waals surface area contributed by atoms with E-state index in [0.717, 1.165) is 25.7 Å². The predicted octanol–water partition coefficient (Wildman–Crippen LogP) is 5.36. The maximum Gasteiger partial charge on any atom is 0.251 e. The molecule has 1 aliphatic rings. The quantitative estimate of drug-likeness (QED) is 0.526. The fourth-order valence-electron chi connectivity index (χ4n) is 3.88. The summed E-state index contributed by atoms with van der Waals surface area (Å²) in [6.07, 6.45) is 7.27. The number of sulfone groups is 1. The molecule has 0 aliphatic heterocycles. The Morgan fingerprint density at radius 3 is 2.28 bits per heavy atom. The van der Waals surface area contributed by atoms with Crippen molar-refractivity contribution in [2.24, 2.45) is 0 Å². The molecule has 32 heavy (non-hydrogen) atoms. The summed E-state index contributed by atoms with van der Waals surface area (Å²) in [5.74, 6) is -0.570. The number of hydrogen-bond donors (Lipinski definition) is 2. The zero-order valence-electron chi connectivity index (χ0n) is 18.2. The van der Waals surface area contributed by atoms with Crippen molar-refractivity contribution < 1.29 is 18.0 Å². The summed E-state index contributed by atoms with van der Waals surface area (Å²) in [6.45, 7) is 1.86. The molecule has 2 aromatic carbocycles. The van der Waals surface area contributed by atoms with Crippen LogP contribution in [-0.4, -0.2) is 26.3 Å². The number of hydrogen-bond acceptors (Lipinski definition) is 4. The van der Waals surface area contributed by atoms with Crippen LogP contribution in [-0.2, 0) is 14.6 Å². The molecular weight excluding hydrogens is 448 g/mol. The second-order valence-corrected chi connectivity index (χ2v) is 10.5. The lowest BCUT2D eigenvalue weighted by Gasteiger charge is -2.18. The third-order valence-corrected chi connectivity index (χ3v) is 7.68. The van der Waals surface area contributed by atoms with E-state index >= 15 is 0 Å². The Balaban J connectivity index is 1.93. The Hall–Kier alpha value is -2.38. The second kappa shape index (κ2) is 11.0.